The predicted octanol–water partition coefficient (Wildman–Crippen LogP) is 2.90. The average Bonchev–Trinajstić information content (AvgIpc) is 2.14. The molecule has 0 aliphatic carbocycles. The lowest BCUT2D eigenvalue weighted by Crippen LogP contribution is -2.19. The van der Waals surface area contributed by atoms with Gasteiger partial charge in [-0.2, -0.15) is 0 Å². The van der Waals surface area contributed by atoms with Gasteiger partial charge < -0.3 is 9.47 Å². The molecule has 0 amide bonds. The molecule has 0 aliphatic heterocycles. The molecule has 0 radical (unpaired) electrons. The van der Waals surface area contributed by atoms with Crippen molar-refractivity contribution in [1.29, 1.82) is 0 Å². The monoisotopic (exact) mass is 214 g/mol. The lowest BCUT2D eigenvalue weighted by molar-refractivity contribution is -0.174. The van der Waals surface area contributed by atoms with E-state index in [1.807, 2.05) is 6.92 Å². The Morgan fingerprint density at radius 3 is 2.60 bits per heavy atom. The van der Waals surface area contributed by atoms with Gasteiger partial charge in [-0.3, -0.25) is 4.79 Å². The standard InChI is InChI=1S/C12H22O3/c1-5-6-7-8-10(2)9-14-12(4)15-11(3)13/h5-6,10,12H,7-9H2,1-4H3/b6-5+. The first-order valence-corrected chi connectivity index (χ1v) is 5.46. The molecule has 2 atom stereocenters. The van der Waals surface area contributed by atoms with Crippen molar-refractivity contribution in [3.05, 3.63) is 12.2 Å². The van der Waals surface area contributed by atoms with Crippen molar-refractivity contribution in [2.45, 2.75) is 46.8 Å². The predicted molar refractivity (Wildman–Crippen MR) is 60.4 cm³/mol. The summed E-state index contributed by atoms with van der Waals surface area (Å²) in [4.78, 5) is 10.6. The summed E-state index contributed by atoms with van der Waals surface area (Å²) in [6, 6.07) is 0. The molecule has 0 saturated carbocycles. The van der Waals surface area contributed by atoms with E-state index in [1.54, 1.807) is 6.92 Å². The minimum Gasteiger partial charge on any atom is -0.436 e. The maximum absolute atomic E-state index is 10.6. The highest BCUT2D eigenvalue weighted by atomic mass is 16.7. The molecule has 0 aromatic rings. The summed E-state index contributed by atoms with van der Waals surface area (Å²) in [7, 11) is 0. The average molecular weight is 214 g/mol. The molecule has 2 unspecified atom stereocenters. The molecule has 0 aromatic heterocycles. The summed E-state index contributed by atoms with van der Waals surface area (Å²) in [5.74, 6) is 0.184. The van der Waals surface area contributed by atoms with E-state index >= 15 is 0 Å². The number of ether oxygens (including phenoxy) is 2. The number of carbonyl (C=O) groups is 1. The third kappa shape index (κ3) is 9.47. The highest BCUT2D eigenvalue weighted by Crippen LogP contribution is 2.08. The molecule has 0 fully saturated rings. The lowest BCUT2D eigenvalue weighted by atomic mass is 10.1. The first kappa shape index (κ1) is 14.2. The van der Waals surface area contributed by atoms with Crippen molar-refractivity contribution in [3.63, 3.8) is 0 Å². The van der Waals surface area contributed by atoms with Crippen LogP contribution in [0.25, 0.3) is 0 Å². The molecule has 0 rings (SSSR count). The van der Waals surface area contributed by atoms with Crippen LogP contribution < -0.4 is 0 Å². The van der Waals surface area contributed by atoms with Crippen molar-refractivity contribution >= 4 is 5.97 Å². The van der Waals surface area contributed by atoms with Crippen molar-refractivity contribution in [2.75, 3.05) is 6.61 Å². The molecule has 0 aromatic carbocycles. The van der Waals surface area contributed by atoms with E-state index in [9.17, 15) is 4.79 Å². The molecular formula is C12H22O3. The van der Waals surface area contributed by atoms with Crippen molar-refractivity contribution in [1.82, 2.24) is 0 Å². The summed E-state index contributed by atoms with van der Waals surface area (Å²) in [5.41, 5.74) is 0. The summed E-state index contributed by atoms with van der Waals surface area (Å²) in [6.07, 6.45) is 5.92. The number of rotatable bonds is 7. The zero-order valence-corrected chi connectivity index (χ0v) is 10.2. The van der Waals surface area contributed by atoms with Gasteiger partial charge in [-0.1, -0.05) is 19.1 Å². The van der Waals surface area contributed by atoms with Crippen LogP contribution in [-0.2, 0) is 14.3 Å². The van der Waals surface area contributed by atoms with E-state index in [2.05, 4.69) is 19.1 Å². The van der Waals surface area contributed by atoms with Crippen LogP contribution in [0.15, 0.2) is 12.2 Å². The Labute approximate surface area is 92.5 Å². The largest absolute Gasteiger partial charge is 0.436 e. The van der Waals surface area contributed by atoms with Crippen LogP contribution >= 0.6 is 0 Å². The second-order valence-corrected chi connectivity index (χ2v) is 3.76. The third-order valence-corrected chi connectivity index (χ3v) is 2.01. The van der Waals surface area contributed by atoms with Gasteiger partial charge in [0.25, 0.3) is 0 Å². The van der Waals surface area contributed by atoms with E-state index in [-0.39, 0.29) is 5.97 Å². The van der Waals surface area contributed by atoms with Crippen molar-refractivity contribution < 1.29 is 14.3 Å². The molecule has 15 heavy (non-hydrogen) atoms. The normalized spacial score (nSPS) is 15.2. The molecule has 0 saturated heterocycles. The molecule has 0 spiro atoms. The van der Waals surface area contributed by atoms with Crippen LogP contribution in [0.5, 0.6) is 0 Å². The number of hydrogen-bond acceptors (Lipinski definition) is 3. The van der Waals surface area contributed by atoms with Gasteiger partial charge in [0.05, 0.1) is 6.61 Å². The van der Waals surface area contributed by atoms with Gasteiger partial charge in [-0.25, -0.2) is 0 Å². The Morgan fingerprint density at radius 2 is 2.07 bits per heavy atom. The molecule has 0 N–H and O–H groups in total. The highest BCUT2D eigenvalue weighted by Gasteiger charge is 2.07. The number of carbonyl (C=O) groups excluding carboxylic acids is 1. The molecule has 3 heteroatoms. The maximum atomic E-state index is 10.6. The van der Waals surface area contributed by atoms with Crippen molar-refractivity contribution in [3.8, 4) is 0 Å². The Kier molecular flexibility index (Phi) is 8.01. The summed E-state index contributed by atoms with van der Waals surface area (Å²) >= 11 is 0. The SMILES string of the molecule is C/C=C/CCC(C)COC(C)OC(C)=O. The first-order chi connectivity index (χ1) is 7.06. The van der Waals surface area contributed by atoms with Crippen molar-refractivity contribution in [2.24, 2.45) is 5.92 Å². The fraction of sp³-hybridized carbons (Fsp3) is 0.750. The molecule has 0 aliphatic rings. The molecule has 0 heterocycles. The zero-order valence-electron chi connectivity index (χ0n) is 10.2. The van der Waals surface area contributed by atoms with E-state index < -0.39 is 6.29 Å². The Balaban J connectivity index is 3.52. The van der Waals surface area contributed by atoms with Crippen LogP contribution in [0.2, 0.25) is 0 Å². The highest BCUT2D eigenvalue weighted by molar-refractivity contribution is 5.65. The van der Waals surface area contributed by atoms with Crippen LogP contribution in [0.4, 0.5) is 0 Å². The second-order valence-electron chi connectivity index (χ2n) is 3.76. The minimum atomic E-state index is -0.438. The van der Waals surface area contributed by atoms with Gasteiger partial charge in [0, 0.05) is 6.92 Å². The second kappa shape index (κ2) is 8.48. The van der Waals surface area contributed by atoms with E-state index in [1.165, 1.54) is 6.92 Å². The first-order valence-electron chi connectivity index (χ1n) is 5.46. The van der Waals surface area contributed by atoms with Gasteiger partial charge in [0.15, 0.2) is 6.29 Å². The van der Waals surface area contributed by atoms with Crippen LogP contribution in [0, 0.1) is 5.92 Å². The smallest absolute Gasteiger partial charge is 0.304 e. The fourth-order valence-corrected chi connectivity index (χ4v) is 1.20. The summed E-state index contributed by atoms with van der Waals surface area (Å²) in [5, 5.41) is 0. The maximum Gasteiger partial charge on any atom is 0.304 e. The Morgan fingerprint density at radius 1 is 1.40 bits per heavy atom. The zero-order chi connectivity index (χ0) is 11.7. The van der Waals surface area contributed by atoms with Gasteiger partial charge >= 0.3 is 5.97 Å². The Hall–Kier alpha value is -0.830. The van der Waals surface area contributed by atoms with Crippen LogP contribution in [-0.4, -0.2) is 18.9 Å². The van der Waals surface area contributed by atoms with Gasteiger partial charge in [0.2, 0.25) is 0 Å². The van der Waals surface area contributed by atoms with Gasteiger partial charge in [0.1, 0.15) is 0 Å². The minimum absolute atomic E-state index is 0.302. The number of hydrogen-bond donors (Lipinski definition) is 0. The molecule has 0 bridgehead atoms. The van der Waals surface area contributed by atoms with E-state index in [4.69, 9.17) is 9.47 Å². The summed E-state index contributed by atoms with van der Waals surface area (Å²) in [6.45, 7) is 7.90. The fourth-order valence-electron chi connectivity index (χ4n) is 1.20. The van der Waals surface area contributed by atoms with E-state index in [0.29, 0.717) is 12.5 Å². The van der Waals surface area contributed by atoms with Gasteiger partial charge in [-0.05, 0) is 32.6 Å². The molecule has 88 valence electrons. The van der Waals surface area contributed by atoms with Gasteiger partial charge in [-0.15, -0.1) is 0 Å². The number of allylic oxidation sites excluding steroid dienone is 2. The Bertz CT molecular complexity index is 199. The summed E-state index contributed by atoms with van der Waals surface area (Å²) < 4.78 is 10.2. The molecule has 3 nitrogen and oxygen atoms in total. The van der Waals surface area contributed by atoms with E-state index in [0.717, 1.165) is 12.8 Å². The molecular weight excluding hydrogens is 192 g/mol. The third-order valence-electron chi connectivity index (χ3n) is 2.01. The topological polar surface area (TPSA) is 35.5 Å². The quantitative estimate of drug-likeness (QED) is 0.371. The lowest BCUT2D eigenvalue weighted by Gasteiger charge is -2.16. The van der Waals surface area contributed by atoms with Crippen LogP contribution in [0.3, 0.4) is 0 Å². The van der Waals surface area contributed by atoms with Crippen LogP contribution in [0.1, 0.15) is 40.5 Å². The number of esters is 1.